The van der Waals surface area contributed by atoms with Crippen LogP contribution in [-0.4, -0.2) is 48.5 Å². The second kappa shape index (κ2) is 7.39. The number of imidazole rings is 1. The number of hydrogen-bond acceptors (Lipinski definition) is 4. The van der Waals surface area contributed by atoms with Crippen molar-refractivity contribution in [3.63, 3.8) is 0 Å². The average Bonchev–Trinajstić information content (AvgIpc) is 3.11. The van der Waals surface area contributed by atoms with Crippen LogP contribution in [0.25, 0.3) is 11.0 Å². The van der Waals surface area contributed by atoms with Crippen LogP contribution in [0.2, 0.25) is 0 Å². The van der Waals surface area contributed by atoms with E-state index in [0.29, 0.717) is 24.2 Å². The number of piperidine rings is 1. The van der Waals surface area contributed by atoms with Crippen molar-refractivity contribution in [3.8, 4) is 0 Å². The quantitative estimate of drug-likeness (QED) is 0.733. The van der Waals surface area contributed by atoms with Gasteiger partial charge in [0.05, 0.1) is 16.8 Å². The molecule has 1 aromatic heterocycles. The molecule has 0 saturated carbocycles. The van der Waals surface area contributed by atoms with Gasteiger partial charge in [-0.2, -0.15) is 0 Å². The fraction of sp³-hybridized carbons (Fsp3) is 0.333. The molecular formula is C21H23N3O3S. The molecule has 6 nitrogen and oxygen atoms in total. The highest BCUT2D eigenvalue weighted by atomic mass is 32.2. The van der Waals surface area contributed by atoms with Gasteiger partial charge in [0, 0.05) is 30.8 Å². The minimum Gasteiger partial charge on any atom is -0.342 e. The van der Waals surface area contributed by atoms with Crippen LogP contribution in [0.5, 0.6) is 0 Å². The Morgan fingerprint density at radius 3 is 2.82 bits per heavy atom. The van der Waals surface area contributed by atoms with Gasteiger partial charge in [0.15, 0.2) is 9.84 Å². The Bertz CT molecular complexity index is 1090. The minimum atomic E-state index is -3.14. The van der Waals surface area contributed by atoms with Gasteiger partial charge in [0.1, 0.15) is 5.82 Å². The molecule has 1 N–H and O–H groups in total. The van der Waals surface area contributed by atoms with Gasteiger partial charge >= 0.3 is 0 Å². The van der Waals surface area contributed by atoms with E-state index in [-0.39, 0.29) is 17.6 Å². The molecule has 4 rings (SSSR count). The molecule has 1 amide bonds. The van der Waals surface area contributed by atoms with Gasteiger partial charge in [-0.05, 0) is 42.7 Å². The number of carbonyl (C=O) groups is 1. The molecule has 0 spiro atoms. The smallest absolute Gasteiger partial charge is 0.253 e. The van der Waals surface area contributed by atoms with Gasteiger partial charge in [0.25, 0.3) is 5.91 Å². The molecule has 1 aliphatic heterocycles. The monoisotopic (exact) mass is 397 g/mol. The van der Waals surface area contributed by atoms with Crippen LogP contribution in [-0.2, 0) is 15.6 Å². The number of rotatable bonds is 4. The van der Waals surface area contributed by atoms with E-state index in [1.165, 1.54) is 6.26 Å². The summed E-state index contributed by atoms with van der Waals surface area (Å²) in [5.74, 6) is 0.973. The molecule has 0 unspecified atom stereocenters. The standard InChI is InChI=1S/C21H23N3O3S/c1-28(26,27)14-15-6-4-7-16(12-15)21(25)24-11-5-8-17(13-24)20-22-18-9-2-3-10-19(18)23-20/h2-4,6-7,9-10,12,17H,5,8,11,13-14H2,1H3,(H,22,23)/t17-/m1/s1. The number of nitrogens with one attached hydrogen (secondary N) is 1. The topological polar surface area (TPSA) is 83.1 Å². The van der Waals surface area contributed by atoms with Gasteiger partial charge in [-0.3, -0.25) is 4.79 Å². The lowest BCUT2D eigenvalue weighted by Gasteiger charge is -2.32. The summed E-state index contributed by atoms with van der Waals surface area (Å²) in [6.07, 6.45) is 3.10. The largest absolute Gasteiger partial charge is 0.342 e. The molecule has 28 heavy (non-hydrogen) atoms. The first kappa shape index (κ1) is 18.7. The maximum atomic E-state index is 13.0. The summed E-state index contributed by atoms with van der Waals surface area (Å²) in [4.78, 5) is 22.9. The number of hydrogen-bond donors (Lipinski definition) is 1. The normalized spacial score (nSPS) is 17.8. The first-order chi connectivity index (χ1) is 13.4. The van der Waals surface area contributed by atoms with Gasteiger partial charge in [-0.25, -0.2) is 13.4 Å². The lowest BCUT2D eigenvalue weighted by molar-refractivity contribution is 0.0705. The van der Waals surface area contributed by atoms with E-state index in [1.807, 2.05) is 29.2 Å². The van der Waals surface area contributed by atoms with Crippen molar-refractivity contribution in [1.82, 2.24) is 14.9 Å². The number of nitrogens with zero attached hydrogens (tertiary/aromatic N) is 2. The Morgan fingerprint density at radius 2 is 2.04 bits per heavy atom. The zero-order chi connectivity index (χ0) is 19.7. The molecule has 1 fully saturated rings. The van der Waals surface area contributed by atoms with Crippen molar-refractivity contribution >= 4 is 26.8 Å². The molecular weight excluding hydrogens is 374 g/mol. The fourth-order valence-corrected chi connectivity index (χ4v) is 4.62. The summed E-state index contributed by atoms with van der Waals surface area (Å²) in [6.45, 7) is 1.31. The van der Waals surface area contributed by atoms with E-state index < -0.39 is 9.84 Å². The Balaban J connectivity index is 1.52. The molecule has 0 aliphatic carbocycles. The Labute approximate surface area is 164 Å². The van der Waals surface area contributed by atoms with E-state index in [1.54, 1.807) is 24.3 Å². The van der Waals surface area contributed by atoms with Crippen LogP contribution in [0.3, 0.4) is 0 Å². The highest BCUT2D eigenvalue weighted by Gasteiger charge is 2.27. The van der Waals surface area contributed by atoms with E-state index in [2.05, 4.69) is 4.98 Å². The summed E-state index contributed by atoms with van der Waals surface area (Å²) in [7, 11) is -3.14. The summed E-state index contributed by atoms with van der Waals surface area (Å²) >= 11 is 0. The average molecular weight is 398 g/mol. The number of likely N-dealkylation sites (tertiary alicyclic amines) is 1. The molecule has 1 aliphatic rings. The molecule has 2 aromatic carbocycles. The number of para-hydroxylation sites is 2. The molecule has 0 radical (unpaired) electrons. The zero-order valence-electron chi connectivity index (χ0n) is 15.8. The van der Waals surface area contributed by atoms with E-state index in [9.17, 15) is 13.2 Å². The van der Waals surface area contributed by atoms with Gasteiger partial charge in [0.2, 0.25) is 0 Å². The van der Waals surface area contributed by atoms with Crippen LogP contribution in [0, 0.1) is 0 Å². The second-order valence-corrected chi connectivity index (χ2v) is 9.64. The van der Waals surface area contributed by atoms with E-state index in [0.717, 1.165) is 29.7 Å². The molecule has 1 atom stereocenters. The highest BCUT2D eigenvalue weighted by Crippen LogP contribution is 2.27. The number of amides is 1. The van der Waals surface area contributed by atoms with Crippen molar-refractivity contribution in [2.75, 3.05) is 19.3 Å². The van der Waals surface area contributed by atoms with Crippen LogP contribution in [0.4, 0.5) is 0 Å². The zero-order valence-corrected chi connectivity index (χ0v) is 16.6. The van der Waals surface area contributed by atoms with E-state index in [4.69, 9.17) is 4.98 Å². The third kappa shape index (κ3) is 4.09. The molecule has 2 heterocycles. The third-order valence-corrected chi connectivity index (χ3v) is 5.96. The lowest BCUT2D eigenvalue weighted by atomic mass is 9.96. The maximum absolute atomic E-state index is 13.0. The van der Waals surface area contributed by atoms with Crippen molar-refractivity contribution in [3.05, 3.63) is 65.5 Å². The van der Waals surface area contributed by atoms with Crippen molar-refractivity contribution < 1.29 is 13.2 Å². The number of carbonyl (C=O) groups excluding carboxylic acids is 1. The summed E-state index contributed by atoms with van der Waals surface area (Å²) < 4.78 is 23.1. The van der Waals surface area contributed by atoms with Gasteiger partial charge in [-0.1, -0.05) is 24.3 Å². The lowest BCUT2D eigenvalue weighted by Crippen LogP contribution is -2.39. The van der Waals surface area contributed by atoms with Gasteiger partial charge in [-0.15, -0.1) is 0 Å². The fourth-order valence-electron chi connectivity index (χ4n) is 3.83. The number of aromatic amines is 1. The van der Waals surface area contributed by atoms with Crippen LogP contribution >= 0.6 is 0 Å². The van der Waals surface area contributed by atoms with Crippen molar-refractivity contribution in [1.29, 1.82) is 0 Å². The first-order valence-electron chi connectivity index (χ1n) is 9.40. The Kier molecular flexibility index (Phi) is 4.93. The van der Waals surface area contributed by atoms with E-state index >= 15 is 0 Å². The summed E-state index contributed by atoms with van der Waals surface area (Å²) in [6, 6.07) is 14.9. The third-order valence-electron chi connectivity index (χ3n) is 5.11. The number of aromatic nitrogens is 2. The van der Waals surface area contributed by atoms with Gasteiger partial charge < -0.3 is 9.88 Å². The summed E-state index contributed by atoms with van der Waals surface area (Å²) in [5, 5.41) is 0. The van der Waals surface area contributed by atoms with Crippen molar-refractivity contribution in [2.45, 2.75) is 24.5 Å². The molecule has 146 valence electrons. The number of benzene rings is 2. The Hall–Kier alpha value is -2.67. The molecule has 7 heteroatoms. The van der Waals surface area contributed by atoms with Crippen molar-refractivity contribution in [2.24, 2.45) is 0 Å². The Morgan fingerprint density at radius 1 is 1.21 bits per heavy atom. The highest BCUT2D eigenvalue weighted by molar-refractivity contribution is 7.89. The molecule has 1 saturated heterocycles. The number of sulfone groups is 1. The first-order valence-corrected chi connectivity index (χ1v) is 11.5. The predicted molar refractivity (Wildman–Crippen MR) is 109 cm³/mol. The summed E-state index contributed by atoms with van der Waals surface area (Å²) in [5.41, 5.74) is 3.12. The SMILES string of the molecule is CS(=O)(=O)Cc1cccc(C(=O)N2CCC[C@@H](c3nc4ccccc4[nH]3)C2)c1. The molecule has 3 aromatic rings. The maximum Gasteiger partial charge on any atom is 0.253 e. The van der Waals surface area contributed by atoms with Crippen LogP contribution in [0.1, 0.15) is 40.5 Å². The molecule has 0 bridgehead atoms. The predicted octanol–water partition coefficient (Wildman–Crippen LogP) is 3.13. The number of H-pyrrole nitrogens is 1. The van der Waals surface area contributed by atoms with Crippen LogP contribution in [0.15, 0.2) is 48.5 Å². The van der Waals surface area contributed by atoms with Crippen LogP contribution < -0.4 is 0 Å². The second-order valence-electron chi connectivity index (χ2n) is 7.50. The number of fused-ring (bicyclic) bond motifs is 1. The minimum absolute atomic E-state index is 0.0591.